The van der Waals surface area contributed by atoms with Crippen molar-refractivity contribution in [2.24, 2.45) is 0 Å². The van der Waals surface area contributed by atoms with Crippen molar-refractivity contribution in [3.05, 3.63) is 12.7 Å². The smallest absolute Gasteiger partial charge is 0.268 e. The van der Waals surface area contributed by atoms with Crippen LogP contribution in [-0.4, -0.2) is 54.5 Å². The first-order valence-corrected chi connectivity index (χ1v) is 6.93. The Labute approximate surface area is 123 Å². The van der Waals surface area contributed by atoms with Gasteiger partial charge in [0.05, 0.1) is 6.54 Å². The van der Waals surface area contributed by atoms with Gasteiger partial charge in [-0.15, -0.1) is 0 Å². The Morgan fingerprint density at radius 1 is 1.43 bits per heavy atom. The van der Waals surface area contributed by atoms with Crippen LogP contribution in [0.3, 0.4) is 0 Å². The van der Waals surface area contributed by atoms with Crippen LogP contribution in [0.15, 0.2) is 12.7 Å². The highest BCUT2D eigenvalue weighted by Crippen LogP contribution is 2.36. The van der Waals surface area contributed by atoms with Gasteiger partial charge in [0.2, 0.25) is 11.8 Å². The van der Waals surface area contributed by atoms with Crippen molar-refractivity contribution in [1.82, 2.24) is 10.2 Å². The van der Waals surface area contributed by atoms with Gasteiger partial charge in [-0.25, -0.2) is 8.78 Å². The van der Waals surface area contributed by atoms with E-state index in [0.29, 0.717) is 6.54 Å². The van der Waals surface area contributed by atoms with Gasteiger partial charge >= 0.3 is 0 Å². The number of rotatable bonds is 6. The maximum Gasteiger partial charge on any atom is 0.268 e. The molecule has 0 bridgehead atoms. The fraction of sp³-hybridized carbons (Fsp3) is 0.714. The van der Waals surface area contributed by atoms with Crippen molar-refractivity contribution < 1.29 is 23.1 Å². The minimum Gasteiger partial charge on any atom is -0.381 e. The highest BCUT2D eigenvalue weighted by Gasteiger charge is 2.51. The first-order chi connectivity index (χ1) is 9.75. The molecule has 120 valence electrons. The molecule has 7 heteroatoms. The molecule has 0 aromatic rings. The highest BCUT2D eigenvalue weighted by atomic mass is 19.3. The molecule has 0 saturated carbocycles. The van der Waals surface area contributed by atoms with Gasteiger partial charge in [-0.05, 0) is 25.8 Å². The van der Waals surface area contributed by atoms with Gasteiger partial charge in [-0.3, -0.25) is 9.59 Å². The number of alkyl halides is 2. The summed E-state index contributed by atoms with van der Waals surface area (Å²) in [5.41, 5.74) is -1.61. The van der Waals surface area contributed by atoms with E-state index in [2.05, 4.69) is 11.9 Å². The molecule has 1 aliphatic rings. The van der Waals surface area contributed by atoms with Crippen molar-refractivity contribution in [3.63, 3.8) is 0 Å². The number of hydrogen-bond acceptors (Lipinski definition) is 3. The number of nitrogens with one attached hydrogen (secondary N) is 1. The predicted molar refractivity (Wildman–Crippen MR) is 74.0 cm³/mol. The van der Waals surface area contributed by atoms with Crippen molar-refractivity contribution in [2.45, 2.75) is 38.2 Å². The number of ether oxygens (including phenoxy) is 1. The van der Waals surface area contributed by atoms with E-state index >= 15 is 0 Å². The summed E-state index contributed by atoms with van der Waals surface area (Å²) in [6.45, 7) is 6.23. The fourth-order valence-corrected chi connectivity index (χ4v) is 2.35. The van der Waals surface area contributed by atoms with E-state index in [0.717, 1.165) is 13.0 Å². The summed E-state index contributed by atoms with van der Waals surface area (Å²) in [5, 5.41) is 2.42. The Kier molecular flexibility index (Phi) is 5.83. The highest BCUT2D eigenvalue weighted by molar-refractivity contribution is 5.91. The molecule has 1 heterocycles. The number of likely N-dealkylation sites (N-methyl/N-ethyl adjacent to an activating group) is 1. The van der Waals surface area contributed by atoms with E-state index in [9.17, 15) is 18.4 Å². The first-order valence-electron chi connectivity index (χ1n) is 6.93. The average Bonchev–Trinajstić information content (AvgIpc) is 2.43. The third kappa shape index (κ3) is 4.23. The number of carbonyl (C=O) groups excluding carboxylic acids is 2. The SMILES string of the molecule is C=CC(=O)N(CC)CC(=O)NC1(C(C)(F)F)CCOCC1. The van der Waals surface area contributed by atoms with E-state index in [4.69, 9.17) is 4.74 Å². The zero-order chi connectivity index (χ0) is 16.1. The molecule has 0 radical (unpaired) electrons. The Hall–Kier alpha value is -1.50. The van der Waals surface area contributed by atoms with Crippen LogP contribution in [0.5, 0.6) is 0 Å². The molecule has 0 aromatic carbocycles. The molecule has 1 aliphatic heterocycles. The van der Waals surface area contributed by atoms with E-state index < -0.39 is 23.3 Å². The average molecular weight is 304 g/mol. The molecule has 1 rings (SSSR count). The lowest BCUT2D eigenvalue weighted by atomic mass is 9.84. The molecule has 1 fully saturated rings. The summed E-state index contributed by atoms with van der Waals surface area (Å²) in [6.07, 6.45) is 1.18. The Balaban J connectivity index is 2.77. The Bertz CT molecular complexity index is 402. The molecule has 2 amide bonds. The van der Waals surface area contributed by atoms with Crippen LogP contribution in [0, 0.1) is 0 Å². The largest absolute Gasteiger partial charge is 0.381 e. The van der Waals surface area contributed by atoms with Crippen LogP contribution in [0.4, 0.5) is 8.78 Å². The molecule has 1 saturated heterocycles. The van der Waals surface area contributed by atoms with Crippen LogP contribution in [0.2, 0.25) is 0 Å². The van der Waals surface area contributed by atoms with E-state index in [1.807, 2.05) is 0 Å². The lowest BCUT2D eigenvalue weighted by molar-refractivity contribution is -0.145. The zero-order valence-electron chi connectivity index (χ0n) is 12.5. The normalized spacial score (nSPS) is 17.9. The van der Waals surface area contributed by atoms with Gasteiger partial charge in [-0.1, -0.05) is 6.58 Å². The van der Waals surface area contributed by atoms with Crippen molar-refractivity contribution >= 4 is 11.8 Å². The maximum atomic E-state index is 13.9. The molecule has 0 atom stereocenters. The van der Waals surface area contributed by atoms with Crippen molar-refractivity contribution in [3.8, 4) is 0 Å². The second kappa shape index (κ2) is 6.98. The topological polar surface area (TPSA) is 58.6 Å². The predicted octanol–water partition coefficient (Wildman–Crippen LogP) is 1.34. The van der Waals surface area contributed by atoms with Gasteiger partial charge in [-0.2, -0.15) is 0 Å². The van der Waals surface area contributed by atoms with Crippen LogP contribution < -0.4 is 5.32 Å². The number of amides is 2. The van der Waals surface area contributed by atoms with E-state index in [-0.39, 0.29) is 32.6 Å². The molecule has 0 unspecified atom stereocenters. The fourth-order valence-electron chi connectivity index (χ4n) is 2.35. The zero-order valence-corrected chi connectivity index (χ0v) is 12.5. The van der Waals surface area contributed by atoms with Crippen molar-refractivity contribution in [2.75, 3.05) is 26.3 Å². The lowest BCUT2D eigenvalue weighted by Crippen LogP contribution is -2.63. The summed E-state index contributed by atoms with van der Waals surface area (Å²) in [4.78, 5) is 24.8. The summed E-state index contributed by atoms with van der Waals surface area (Å²) >= 11 is 0. The summed E-state index contributed by atoms with van der Waals surface area (Å²) < 4.78 is 32.9. The molecular weight excluding hydrogens is 282 g/mol. The lowest BCUT2D eigenvalue weighted by Gasteiger charge is -2.42. The molecule has 5 nitrogen and oxygen atoms in total. The second-order valence-electron chi connectivity index (χ2n) is 5.19. The molecule has 0 aromatic heterocycles. The Morgan fingerprint density at radius 2 is 2.00 bits per heavy atom. The number of hydrogen-bond donors (Lipinski definition) is 1. The van der Waals surface area contributed by atoms with Gasteiger partial charge in [0, 0.05) is 26.7 Å². The molecule has 0 aliphatic carbocycles. The maximum absolute atomic E-state index is 13.9. The van der Waals surface area contributed by atoms with Gasteiger partial charge < -0.3 is 15.0 Å². The molecule has 21 heavy (non-hydrogen) atoms. The monoisotopic (exact) mass is 304 g/mol. The van der Waals surface area contributed by atoms with E-state index in [1.54, 1.807) is 6.92 Å². The minimum atomic E-state index is -3.06. The van der Waals surface area contributed by atoms with Crippen LogP contribution in [0.25, 0.3) is 0 Å². The van der Waals surface area contributed by atoms with Crippen LogP contribution in [0.1, 0.15) is 26.7 Å². The van der Waals surface area contributed by atoms with Gasteiger partial charge in [0.15, 0.2) is 0 Å². The molecular formula is C14H22F2N2O3. The van der Waals surface area contributed by atoms with Crippen molar-refractivity contribution in [1.29, 1.82) is 0 Å². The van der Waals surface area contributed by atoms with Crippen LogP contribution in [-0.2, 0) is 14.3 Å². The Morgan fingerprint density at radius 3 is 2.43 bits per heavy atom. The summed E-state index contributed by atoms with van der Waals surface area (Å²) in [5.74, 6) is -4.07. The number of carbonyl (C=O) groups is 2. The van der Waals surface area contributed by atoms with Gasteiger partial charge in [0.1, 0.15) is 5.54 Å². The standard InChI is InChI=1S/C14H22F2N2O3/c1-4-12(20)18(5-2)10-11(19)17-14(13(3,15)16)6-8-21-9-7-14/h4H,1,5-10H2,2-3H3,(H,17,19). The summed E-state index contributed by atoms with van der Waals surface area (Å²) in [7, 11) is 0. The molecule has 0 spiro atoms. The quantitative estimate of drug-likeness (QED) is 0.753. The second-order valence-corrected chi connectivity index (χ2v) is 5.19. The van der Waals surface area contributed by atoms with Crippen LogP contribution >= 0.6 is 0 Å². The van der Waals surface area contributed by atoms with Gasteiger partial charge in [0.25, 0.3) is 5.92 Å². The third-order valence-electron chi connectivity index (χ3n) is 3.77. The first kappa shape index (κ1) is 17.6. The number of halogens is 2. The summed E-state index contributed by atoms with van der Waals surface area (Å²) in [6, 6.07) is 0. The molecule has 1 N–H and O–H groups in total. The third-order valence-corrected chi connectivity index (χ3v) is 3.77. The minimum absolute atomic E-state index is 0.0454. The van der Waals surface area contributed by atoms with E-state index in [1.165, 1.54) is 4.90 Å². The number of nitrogens with zero attached hydrogens (tertiary/aromatic N) is 1.